The molecule has 2 unspecified atom stereocenters. The van der Waals surface area contributed by atoms with E-state index in [2.05, 4.69) is 280 Å². The molecule has 0 aliphatic carbocycles. The first-order valence-corrected chi connectivity index (χ1v) is 48.7. The van der Waals surface area contributed by atoms with Crippen molar-refractivity contribution in [1.82, 2.24) is 9.88 Å². The van der Waals surface area contributed by atoms with Gasteiger partial charge in [-0.2, -0.15) is 0 Å². The lowest BCUT2D eigenvalue weighted by Crippen LogP contribution is -2.40. The lowest BCUT2D eigenvalue weighted by atomic mass is 9.81. The van der Waals surface area contributed by atoms with Gasteiger partial charge < -0.3 is 47.5 Å². The maximum absolute atomic E-state index is 13.8. The number of amides is 1. The first kappa shape index (κ1) is 106. The van der Waals surface area contributed by atoms with Gasteiger partial charge in [-0.15, -0.1) is 0 Å². The molecule has 14 rings (SSSR count). The van der Waals surface area contributed by atoms with Gasteiger partial charge >= 0.3 is 0 Å². The van der Waals surface area contributed by atoms with E-state index in [1.54, 1.807) is 13.2 Å². The lowest BCUT2D eigenvalue weighted by molar-refractivity contribution is -0.0721. The summed E-state index contributed by atoms with van der Waals surface area (Å²) >= 11 is 0. The third-order valence-corrected chi connectivity index (χ3v) is 26.1. The zero-order valence-corrected chi connectivity index (χ0v) is 84.0. The molecule has 704 valence electrons. The Morgan fingerprint density at radius 3 is 1.32 bits per heavy atom. The molecule has 7 saturated heterocycles. The SMILES string of the molecule is CC(C)(C)c1cc(CC2CCOCC2)ccc1F.CC(C)(C)c1cc(CC2CCOCC2)ccn1.CC(C)(C)c1ccc(OC2CCOCC2)cc1.CC(C)(C)c1cccc(C(=O)N2CCOCC2)c1.CC(Cc1cccc(C(C)(C)C)c1)C1CCOCC1.CC1(C)CC(Cc2cccc(C(C)(C)C)c2)CCO1.COc1cc(CC2CCOCC2)cc(C(C)(C)C)c1. The minimum atomic E-state index is -0.129. The minimum Gasteiger partial charge on any atom is -0.497 e. The predicted molar refractivity (Wildman–Crippen MR) is 526 cm³/mol. The molecule has 6 aromatic carbocycles. The maximum atomic E-state index is 13.8. The Kier molecular flexibility index (Phi) is 41.2. The number of nitrogens with zero attached hydrogens (tertiary/aromatic N) is 2. The van der Waals surface area contributed by atoms with E-state index in [1.807, 2.05) is 41.4 Å². The fourth-order valence-corrected chi connectivity index (χ4v) is 17.6. The van der Waals surface area contributed by atoms with Crippen LogP contribution >= 0.6 is 0 Å². The number of pyridine rings is 1. The van der Waals surface area contributed by atoms with E-state index in [-0.39, 0.29) is 55.2 Å². The van der Waals surface area contributed by atoms with Crippen LogP contribution in [0.15, 0.2) is 152 Å². The summed E-state index contributed by atoms with van der Waals surface area (Å²) in [4.78, 5) is 18.7. The Morgan fingerprint density at radius 2 is 0.835 bits per heavy atom. The van der Waals surface area contributed by atoms with Crippen molar-refractivity contribution in [3.63, 3.8) is 0 Å². The van der Waals surface area contributed by atoms with Crippen molar-refractivity contribution < 1.29 is 51.8 Å². The van der Waals surface area contributed by atoms with Gasteiger partial charge in [-0.05, 0) is 294 Å². The predicted octanol–water partition coefficient (Wildman–Crippen LogP) is 26.7. The van der Waals surface area contributed by atoms with Crippen LogP contribution in [0.2, 0.25) is 0 Å². The van der Waals surface area contributed by atoms with Crippen LogP contribution in [-0.2, 0) is 103 Å². The van der Waals surface area contributed by atoms with Crippen molar-refractivity contribution in [3.8, 4) is 11.5 Å². The third-order valence-electron chi connectivity index (χ3n) is 26.1. The van der Waals surface area contributed by atoms with E-state index in [0.717, 1.165) is 163 Å². The highest BCUT2D eigenvalue weighted by molar-refractivity contribution is 5.94. The topological polar surface area (TPSA) is 116 Å². The van der Waals surface area contributed by atoms with Crippen LogP contribution in [0.5, 0.6) is 11.5 Å². The highest BCUT2D eigenvalue weighted by atomic mass is 19.1. The second kappa shape index (κ2) is 49.6. The molecule has 0 spiro atoms. The number of halogens is 1. The number of carbonyl (C=O) groups is 1. The smallest absolute Gasteiger partial charge is 0.254 e. The quantitative estimate of drug-likeness (QED) is 0.0977. The number of rotatable bonds is 15. The van der Waals surface area contributed by atoms with Crippen molar-refractivity contribution >= 4 is 5.91 Å². The number of ether oxygens (including phenoxy) is 9. The van der Waals surface area contributed by atoms with E-state index >= 15 is 0 Å². The van der Waals surface area contributed by atoms with Crippen LogP contribution < -0.4 is 9.47 Å². The molecule has 2 atom stereocenters. The third kappa shape index (κ3) is 37.8. The molecular formula is C114H171FN2O10. The Balaban J connectivity index is 0.000000183. The van der Waals surface area contributed by atoms with E-state index in [0.29, 0.717) is 38.3 Å². The minimum absolute atomic E-state index is 0.0601. The number of morpholine rings is 1. The molecule has 0 saturated carbocycles. The van der Waals surface area contributed by atoms with E-state index in [9.17, 15) is 9.18 Å². The van der Waals surface area contributed by atoms with Crippen LogP contribution in [0.25, 0.3) is 0 Å². The standard InChI is InChI=1S/2C18H28O.C17H26O2.C16H23FO.C15H21NO2.C15H23NO.C15H22O2/c1-17(2,3)16-8-6-7-14(12-16)11-15-9-10-19-18(4,5)13-15;1-14(16-8-10-19-11-9-16)12-15-6-5-7-17(13-15)18(2,3)4;1-17(2,3)15-10-14(11-16(12-15)18-4)9-13-5-7-19-8-6-13;1-16(2,3)14-11-13(4-5-15(14)17)10-12-6-8-18-9-7-12;1-15(2,3)13-6-4-5-12(11-13)14(17)16-7-9-18-10-8-16;1-15(2,3)14-11-13(4-7-16-14)10-12-5-8-17-9-6-12;1-15(2,3)12-4-6-13(7-5-12)17-14-8-10-16-11-9-14/h6-8,12,15H,9-11,13H2,1-5H3;5-7,13-14,16H,8-12H2,1-4H3;10-13H,5-9H2,1-4H3;4-5,11-12H,6-10H2,1-3H3;4-6,11H,7-10H2,1-3H3;4,7,11-12H,5-6,8-10H2,1-3H3;4-7,14H,8-11H2,1-3H3. The van der Waals surface area contributed by atoms with Gasteiger partial charge in [0, 0.05) is 108 Å². The highest BCUT2D eigenvalue weighted by Crippen LogP contribution is 2.37. The van der Waals surface area contributed by atoms with Crippen molar-refractivity contribution in [1.29, 1.82) is 0 Å². The summed E-state index contributed by atoms with van der Waals surface area (Å²) in [5.41, 5.74) is 17.7. The van der Waals surface area contributed by atoms with Gasteiger partial charge in [-0.25, -0.2) is 4.39 Å². The normalized spacial score (nSPS) is 18.8. The fraction of sp³-hybridized carbons (Fsp3) is 0.632. The zero-order chi connectivity index (χ0) is 92.8. The van der Waals surface area contributed by atoms with Gasteiger partial charge in [0.1, 0.15) is 23.4 Å². The molecule has 7 aliphatic heterocycles. The molecule has 0 N–H and O–H groups in total. The molecule has 1 aromatic heterocycles. The second-order valence-electron chi connectivity index (χ2n) is 45.1. The van der Waals surface area contributed by atoms with Gasteiger partial charge in [-0.3, -0.25) is 9.78 Å². The summed E-state index contributed by atoms with van der Waals surface area (Å²) < 4.78 is 63.3. The van der Waals surface area contributed by atoms with Crippen molar-refractivity contribution in [2.45, 2.75) is 325 Å². The van der Waals surface area contributed by atoms with Crippen LogP contribution in [0, 0.1) is 41.3 Å². The Bertz CT molecular complexity index is 4330. The summed E-state index contributed by atoms with van der Waals surface area (Å²) in [6.45, 7) is 65.8. The number of hydrogen-bond donors (Lipinski definition) is 0. The number of aromatic nitrogens is 1. The molecule has 8 heterocycles. The zero-order valence-electron chi connectivity index (χ0n) is 84.0. The molecular weight excluding hydrogens is 1580 g/mol. The van der Waals surface area contributed by atoms with Crippen LogP contribution in [0.4, 0.5) is 4.39 Å². The van der Waals surface area contributed by atoms with Gasteiger partial charge in [0.05, 0.1) is 39.1 Å². The van der Waals surface area contributed by atoms with E-state index in [1.165, 1.54) is 132 Å². The molecule has 1 amide bonds. The summed E-state index contributed by atoms with van der Waals surface area (Å²) in [7, 11) is 1.75. The van der Waals surface area contributed by atoms with E-state index in [4.69, 9.17) is 42.6 Å². The molecule has 7 fully saturated rings. The average molecular weight is 1750 g/mol. The molecule has 127 heavy (non-hydrogen) atoms. The summed E-state index contributed by atoms with van der Waals surface area (Å²) in [5.74, 6) is 6.59. The summed E-state index contributed by atoms with van der Waals surface area (Å²) in [6.07, 6.45) is 21.9. The Hall–Kier alpha value is -6.81. The van der Waals surface area contributed by atoms with Gasteiger partial charge in [0.2, 0.25) is 0 Å². The van der Waals surface area contributed by atoms with Crippen LogP contribution in [-0.4, -0.2) is 134 Å². The van der Waals surface area contributed by atoms with Gasteiger partial charge in [0.15, 0.2) is 0 Å². The molecule has 0 radical (unpaired) electrons. The molecule has 7 aromatic rings. The Morgan fingerprint density at radius 1 is 0.409 bits per heavy atom. The maximum Gasteiger partial charge on any atom is 0.254 e. The number of benzene rings is 6. The van der Waals surface area contributed by atoms with Crippen LogP contribution in [0.1, 0.15) is 320 Å². The molecule has 7 aliphatic rings. The Labute approximate surface area is 771 Å². The number of hydrogen-bond acceptors (Lipinski definition) is 11. The second-order valence-corrected chi connectivity index (χ2v) is 45.1. The van der Waals surface area contributed by atoms with Gasteiger partial charge in [0.25, 0.3) is 5.91 Å². The lowest BCUT2D eigenvalue weighted by Gasteiger charge is -2.35. The highest BCUT2D eigenvalue weighted by Gasteiger charge is 2.31. The summed E-state index contributed by atoms with van der Waals surface area (Å²) in [6, 6.07) is 51.4. The first-order valence-electron chi connectivity index (χ1n) is 48.7. The van der Waals surface area contributed by atoms with E-state index < -0.39 is 0 Å². The monoisotopic (exact) mass is 1750 g/mol. The largest absolute Gasteiger partial charge is 0.497 e. The average Bonchev–Trinajstić information content (AvgIpc) is 0.829. The van der Waals surface area contributed by atoms with Crippen molar-refractivity contribution in [3.05, 3.63) is 230 Å². The van der Waals surface area contributed by atoms with Crippen LogP contribution in [0.3, 0.4) is 0 Å². The molecule has 12 nitrogen and oxygen atoms in total. The summed E-state index contributed by atoms with van der Waals surface area (Å²) in [5, 5.41) is 0. The fourth-order valence-electron chi connectivity index (χ4n) is 17.6. The van der Waals surface area contributed by atoms with Crippen molar-refractivity contribution in [2.75, 3.05) is 106 Å². The number of methoxy groups -OCH3 is 1. The van der Waals surface area contributed by atoms with Gasteiger partial charge in [-0.1, -0.05) is 243 Å². The van der Waals surface area contributed by atoms with Crippen molar-refractivity contribution in [2.24, 2.45) is 35.5 Å². The molecule has 0 bridgehead atoms. The number of carbonyl (C=O) groups excluding carboxylic acids is 1. The molecule has 13 heteroatoms. The first-order chi connectivity index (χ1) is 59.8.